The highest BCUT2D eigenvalue weighted by Crippen LogP contribution is 2.37. The fourth-order valence-electron chi connectivity index (χ4n) is 3.93. The van der Waals surface area contributed by atoms with Crippen LogP contribution in [0.1, 0.15) is 31.9 Å². The van der Waals surface area contributed by atoms with Crippen molar-refractivity contribution in [1.82, 2.24) is 10.2 Å². The Bertz CT molecular complexity index is 1500. The van der Waals surface area contributed by atoms with Crippen molar-refractivity contribution < 1.29 is 31.2 Å². The number of amides is 2. The van der Waals surface area contributed by atoms with Crippen LogP contribution in [0.4, 0.5) is 18.9 Å². The highest BCUT2D eigenvalue weighted by atomic mass is 79.9. The van der Waals surface area contributed by atoms with E-state index in [9.17, 15) is 31.2 Å². The Morgan fingerprint density at radius 3 is 2.17 bits per heavy atom. The van der Waals surface area contributed by atoms with Crippen LogP contribution in [0.25, 0.3) is 0 Å². The van der Waals surface area contributed by atoms with Crippen LogP contribution in [-0.4, -0.2) is 44.3 Å². The Kier molecular flexibility index (Phi) is 11.1. The fraction of sp³-hybridized carbons (Fsp3) is 0.310. The summed E-state index contributed by atoms with van der Waals surface area (Å²) in [4.78, 5) is 27.9. The lowest BCUT2D eigenvalue weighted by atomic mass is 10.1. The minimum Gasteiger partial charge on any atom is -0.354 e. The maximum Gasteiger partial charge on any atom is 0.416 e. The molecular weight excluding hydrogens is 659 g/mol. The van der Waals surface area contributed by atoms with E-state index in [0.29, 0.717) is 22.5 Å². The number of sulfonamides is 1. The Morgan fingerprint density at radius 2 is 1.60 bits per heavy atom. The van der Waals surface area contributed by atoms with Gasteiger partial charge in [-0.1, -0.05) is 71.7 Å². The number of hydrogen-bond donors (Lipinski definition) is 1. The number of nitrogens with zero attached hydrogens (tertiary/aromatic N) is 2. The van der Waals surface area contributed by atoms with Crippen molar-refractivity contribution in [3.63, 3.8) is 0 Å². The van der Waals surface area contributed by atoms with Crippen LogP contribution < -0.4 is 9.62 Å². The molecule has 226 valence electrons. The number of anilines is 1. The maximum atomic E-state index is 13.9. The molecule has 7 nitrogen and oxygen atoms in total. The monoisotopic (exact) mass is 687 g/mol. The summed E-state index contributed by atoms with van der Waals surface area (Å²) in [5.41, 5.74) is -1.02. The van der Waals surface area contributed by atoms with Gasteiger partial charge in [-0.2, -0.15) is 13.2 Å². The first-order valence-corrected chi connectivity index (χ1v) is 15.5. The molecule has 0 radical (unpaired) electrons. The molecule has 0 bridgehead atoms. The molecule has 0 aliphatic heterocycles. The Labute approximate surface area is 256 Å². The second kappa shape index (κ2) is 13.9. The number of carbonyl (C=O) groups excluding carboxylic acids is 2. The molecule has 0 saturated heterocycles. The number of nitrogens with one attached hydrogen (secondary N) is 1. The van der Waals surface area contributed by atoms with Crippen molar-refractivity contribution in [1.29, 1.82) is 0 Å². The predicted octanol–water partition coefficient (Wildman–Crippen LogP) is 6.51. The molecule has 0 aliphatic rings. The first-order chi connectivity index (χ1) is 19.6. The molecule has 0 heterocycles. The number of halogens is 5. The van der Waals surface area contributed by atoms with Gasteiger partial charge in [0, 0.05) is 17.6 Å². The molecule has 2 amide bonds. The summed E-state index contributed by atoms with van der Waals surface area (Å²) in [6.45, 7) is 4.66. The highest BCUT2D eigenvalue weighted by Gasteiger charge is 2.36. The lowest BCUT2D eigenvalue weighted by Crippen LogP contribution is -2.51. The predicted molar refractivity (Wildman–Crippen MR) is 159 cm³/mol. The van der Waals surface area contributed by atoms with Gasteiger partial charge < -0.3 is 10.2 Å². The average molecular weight is 689 g/mol. The van der Waals surface area contributed by atoms with Gasteiger partial charge in [0.15, 0.2) is 0 Å². The van der Waals surface area contributed by atoms with E-state index in [4.69, 9.17) is 11.6 Å². The Hall–Kier alpha value is -3.09. The number of rotatable bonds is 11. The second-order valence-corrected chi connectivity index (χ2v) is 13.1. The van der Waals surface area contributed by atoms with Crippen LogP contribution in [0.3, 0.4) is 0 Å². The van der Waals surface area contributed by atoms with E-state index in [1.807, 2.05) is 13.8 Å². The summed E-state index contributed by atoms with van der Waals surface area (Å²) in [6.07, 6.45) is -4.80. The van der Waals surface area contributed by atoms with E-state index >= 15 is 0 Å². The summed E-state index contributed by atoms with van der Waals surface area (Å²) < 4.78 is 69.9. The number of hydrogen-bond acceptors (Lipinski definition) is 4. The fourth-order valence-corrected chi connectivity index (χ4v) is 5.91. The summed E-state index contributed by atoms with van der Waals surface area (Å²) in [5.74, 6) is -1.16. The lowest BCUT2D eigenvalue weighted by molar-refractivity contribution is -0.139. The zero-order valence-electron chi connectivity index (χ0n) is 23.0. The lowest BCUT2D eigenvalue weighted by Gasteiger charge is -2.32. The molecule has 13 heteroatoms. The van der Waals surface area contributed by atoms with Crippen molar-refractivity contribution in [2.24, 2.45) is 5.92 Å². The second-order valence-electron chi connectivity index (χ2n) is 9.95. The number of carbonyl (C=O) groups is 2. The summed E-state index contributed by atoms with van der Waals surface area (Å²) in [7, 11) is -4.59. The number of benzene rings is 3. The first-order valence-electron chi connectivity index (χ1n) is 12.9. The van der Waals surface area contributed by atoms with Crippen molar-refractivity contribution >= 4 is 55.1 Å². The molecule has 42 heavy (non-hydrogen) atoms. The Morgan fingerprint density at radius 1 is 0.976 bits per heavy atom. The molecule has 3 aromatic carbocycles. The molecule has 1 N–H and O–H groups in total. The summed E-state index contributed by atoms with van der Waals surface area (Å²) in [6, 6.07) is 15.1. The molecule has 0 aliphatic carbocycles. The summed E-state index contributed by atoms with van der Waals surface area (Å²) >= 11 is 9.60. The molecular formula is C29H30BrClF3N3O4S. The minimum absolute atomic E-state index is 0.0715. The van der Waals surface area contributed by atoms with E-state index in [0.717, 1.165) is 16.6 Å². The van der Waals surface area contributed by atoms with Crippen molar-refractivity contribution in [3.8, 4) is 0 Å². The van der Waals surface area contributed by atoms with E-state index in [-0.39, 0.29) is 22.4 Å². The molecule has 1 atom stereocenters. The third kappa shape index (κ3) is 8.48. The first kappa shape index (κ1) is 33.4. The molecule has 0 fully saturated rings. The van der Waals surface area contributed by atoms with Crippen LogP contribution >= 0.6 is 27.5 Å². The third-order valence-corrected chi connectivity index (χ3v) is 8.89. The van der Waals surface area contributed by atoms with Gasteiger partial charge in [-0.15, -0.1) is 0 Å². The molecule has 1 unspecified atom stereocenters. The van der Waals surface area contributed by atoms with E-state index < -0.39 is 51.9 Å². The Balaban J connectivity index is 2.10. The largest absolute Gasteiger partial charge is 0.416 e. The smallest absolute Gasteiger partial charge is 0.354 e. The molecule has 3 aromatic rings. The molecule has 0 spiro atoms. The SMILES string of the molecule is CC(C)CNC(=O)C(C)N(Cc1ccc(Br)cc1)C(=O)CN(c1cc(C(F)(F)F)ccc1Cl)S(=O)(=O)c1ccccc1. The zero-order chi connectivity index (χ0) is 31.2. The van der Waals surface area contributed by atoms with E-state index in [2.05, 4.69) is 21.2 Å². The molecule has 3 rings (SSSR count). The van der Waals surface area contributed by atoms with Gasteiger partial charge in [-0.25, -0.2) is 8.42 Å². The number of alkyl halides is 3. The van der Waals surface area contributed by atoms with Crippen LogP contribution in [0, 0.1) is 5.92 Å². The standard InChI is InChI=1S/C29H30BrClF3N3O4S/c1-19(2)16-35-28(39)20(3)36(17-21-9-12-23(30)13-10-21)27(38)18-37(42(40,41)24-7-5-4-6-8-24)26-15-22(29(32,33)34)11-14-25(26)31/h4-15,19-20H,16-18H2,1-3H3,(H,35,39). The topological polar surface area (TPSA) is 86.8 Å². The molecule has 0 aromatic heterocycles. The normalized spacial score (nSPS) is 12.6. The van der Waals surface area contributed by atoms with Crippen molar-refractivity contribution in [2.45, 2.75) is 44.4 Å². The quantitative estimate of drug-likeness (QED) is 0.249. The van der Waals surface area contributed by atoms with E-state index in [1.54, 1.807) is 30.3 Å². The van der Waals surface area contributed by atoms with Gasteiger partial charge in [0.1, 0.15) is 12.6 Å². The maximum absolute atomic E-state index is 13.9. The van der Waals surface area contributed by atoms with Gasteiger partial charge in [-0.05, 0) is 60.9 Å². The van der Waals surface area contributed by atoms with Crippen LogP contribution in [0.5, 0.6) is 0 Å². The molecule has 0 saturated carbocycles. The van der Waals surface area contributed by atoms with Gasteiger partial charge in [0.2, 0.25) is 11.8 Å². The van der Waals surface area contributed by atoms with Crippen LogP contribution in [-0.2, 0) is 32.3 Å². The van der Waals surface area contributed by atoms with Crippen LogP contribution in [0.15, 0.2) is 82.2 Å². The van der Waals surface area contributed by atoms with Crippen molar-refractivity contribution in [3.05, 3.63) is 93.4 Å². The van der Waals surface area contributed by atoms with Gasteiger partial charge in [-0.3, -0.25) is 13.9 Å². The van der Waals surface area contributed by atoms with Crippen molar-refractivity contribution in [2.75, 3.05) is 17.4 Å². The minimum atomic E-state index is -4.80. The summed E-state index contributed by atoms with van der Waals surface area (Å²) in [5, 5.41) is 2.46. The van der Waals surface area contributed by atoms with Gasteiger partial charge >= 0.3 is 6.18 Å². The highest BCUT2D eigenvalue weighted by molar-refractivity contribution is 9.10. The van der Waals surface area contributed by atoms with Gasteiger partial charge in [0.05, 0.1) is 21.2 Å². The van der Waals surface area contributed by atoms with Gasteiger partial charge in [0.25, 0.3) is 10.0 Å². The van der Waals surface area contributed by atoms with Crippen LogP contribution in [0.2, 0.25) is 5.02 Å². The third-order valence-electron chi connectivity index (χ3n) is 6.27. The van der Waals surface area contributed by atoms with E-state index in [1.165, 1.54) is 36.1 Å². The average Bonchev–Trinajstić information content (AvgIpc) is 2.94. The zero-order valence-corrected chi connectivity index (χ0v) is 26.2.